The molecule has 0 aliphatic carbocycles. The second-order valence-corrected chi connectivity index (χ2v) is 6.50. The number of benzene rings is 1. The lowest BCUT2D eigenvalue weighted by Crippen LogP contribution is -2.41. The molecular formula is C15H16N6OS. The second kappa shape index (κ2) is 5.81. The molecule has 0 spiro atoms. The molecule has 3 N–H and O–H groups in total. The average Bonchev–Trinajstić information content (AvgIpc) is 3.18. The Hall–Kier alpha value is -2.74. The summed E-state index contributed by atoms with van der Waals surface area (Å²) in [6.45, 7) is 3.72. The van der Waals surface area contributed by atoms with Crippen molar-refractivity contribution in [2.24, 2.45) is 0 Å². The zero-order valence-corrected chi connectivity index (χ0v) is 13.5. The van der Waals surface area contributed by atoms with Gasteiger partial charge in [0.05, 0.1) is 16.8 Å². The molecule has 3 aromatic rings. The fourth-order valence-electron chi connectivity index (χ4n) is 2.17. The van der Waals surface area contributed by atoms with E-state index in [1.165, 1.54) is 11.3 Å². The molecule has 0 saturated heterocycles. The van der Waals surface area contributed by atoms with Gasteiger partial charge in [-0.25, -0.2) is 4.68 Å². The van der Waals surface area contributed by atoms with E-state index >= 15 is 0 Å². The number of hydrogen-bond donors (Lipinski definition) is 2. The van der Waals surface area contributed by atoms with Crippen molar-refractivity contribution < 1.29 is 4.79 Å². The van der Waals surface area contributed by atoms with Gasteiger partial charge in [-0.1, -0.05) is 23.5 Å². The Kier molecular flexibility index (Phi) is 3.83. The number of nitrogens with one attached hydrogen (secondary N) is 1. The van der Waals surface area contributed by atoms with Gasteiger partial charge in [0.2, 0.25) is 5.13 Å². The number of nitrogen functional groups attached to an aromatic ring is 1. The number of nitrogens with two attached hydrogens (primary N) is 1. The van der Waals surface area contributed by atoms with Crippen LogP contribution in [-0.4, -0.2) is 25.9 Å². The Labute approximate surface area is 137 Å². The third kappa shape index (κ3) is 3.07. The molecule has 118 valence electrons. The maximum atomic E-state index is 12.7. The highest BCUT2D eigenvalue weighted by Crippen LogP contribution is 2.25. The summed E-state index contributed by atoms with van der Waals surface area (Å²) < 4.78 is 1.66. The van der Waals surface area contributed by atoms with Gasteiger partial charge in [0.15, 0.2) is 0 Å². The predicted octanol–water partition coefficient (Wildman–Crippen LogP) is 1.97. The van der Waals surface area contributed by atoms with E-state index in [1.807, 2.05) is 38.1 Å². The minimum absolute atomic E-state index is 0.213. The van der Waals surface area contributed by atoms with E-state index in [0.29, 0.717) is 21.4 Å². The van der Waals surface area contributed by atoms with E-state index < -0.39 is 5.54 Å². The van der Waals surface area contributed by atoms with Crippen molar-refractivity contribution in [2.45, 2.75) is 19.4 Å². The van der Waals surface area contributed by atoms with Gasteiger partial charge in [-0.3, -0.25) is 4.79 Å². The fraction of sp³-hybridized carbons (Fsp3) is 0.200. The molecule has 2 heterocycles. The van der Waals surface area contributed by atoms with Gasteiger partial charge in [0, 0.05) is 12.4 Å². The summed E-state index contributed by atoms with van der Waals surface area (Å²) in [5.74, 6) is -0.213. The molecule has 7 nitrogen and oxygen atoms in total. The first-order valence-electron chi connectivity index (χ1n) is 6.98. The van der Waals surface area contributed by atoms with Crippen molar-refractivity contribution in [2.75, 3.05) is 5.73 Å². The van der Waals surface area contributed by atoms with Crippen LogP contribution in [0.15, 0.2) is 42.7 Å². The van der Waals surface area contributed by atoms with Crippen molar-refractivity contribution in [3.63, 3.8) is 0 Å². The monoisotopic (exact) mass is 328 g/mol. The van der Waals surface area contributed by atoms with Crippen LogP contribution in [-0.2, 0) is 5.54 Å². The van der Waals surface area contributed by atoms with Gasteiger partial charge in [0.25, 0.3) is 5.91 Å². The zero-order chi connectivity index (χ0) is 16.4. The lowest BCUT2D eigenvalue weighted by Gasteiger charge is -2.23. The summed E-state index contributed by atoms with van der Waals surface area (Å²) in [4.78, 5) is 12.7. The lowest BCUT2D eigenvalue weighted by molar-refractivity contribution is 0.0911. The molecule has 0 fully saturated rings. The summed E-state index contributed by atoms with van der Waals surface area (Å²) in [5, 5.41) is 16.0. The minimum Gasteiger partial charge on any atom is -0.374 e. The van der Waals surface area contributed by atoms with Crippen molar-refractivity contribution in [3.8, 4) is 5.69 Å². The molecule has 8 heteroatoms. The molecular weight excluding hydrogens is 312 g/mol. The van der Waals surface area contributed by atoms with Crippen molar-refractivity contribution in [3.05, 3.63) is 53.3 Å². The van der Waals surface area contributed by atoms with Crippen LogP contribution < -0.4 is 11.1 Å². The van der Waals surface area contributed by atoms with Crippen LogP contribution in [0.3, 0.4) is 0 Å². The van der Waals surface area contributed by atoms with Crippen LogP contribution in [0.1, 0.15) is 29.2 Å². The first-order chi connectivity index (χ1) is 11.0. The number of aromatic nitrogens is 4. The van der Waals surface area contributed by atoms with Crippen LogP contribution in [0, 0.1) is 0 Å². The smallest absolute Gasteiger partial charge is 0.254 e. The Bertz CT molecular complexity index is 824. The SMILES string of the molecule is CC(C)(NC(=O)c1ccccc1-n1cccn1)c1nnc(N)s1. The number of amides is 1. The van der Waals surface area contributed by atoms with Gasteiger partial charge in [-0.2, -0.15) is 5.10 Å². The third-order valence-corrected chi connectivity index (χ3v) is 4.38. The molecule has 1 amide bonds. The molecule has 3 rings (SSSR count). The quantitative estimate of drug-likeness (QED) is 0.763. The van der Waals surface area contributed by atoms with Crippen molar-refractivity contribution in [1.82, 2.24) is 25.3 Å². The van der Waals surface area contributed by atoms with Crippen LogP contribution in [0.4, 0.5) is 5.13 Å². The normalized spacial score (nSPS) is 11.4. The minimum atomic E-state index is -0.677. The molecule has 0 aliphatic rings. The Morgan fingerprint density at radius 3 is 2.70 bits per heavy atom. The van der Waals surface area contributed by atoms with E-state index in [-0.39, 0.29) is 5.91 Å². The molecule has 0 radical (unpaired) electrons. The molecule has 0 atom stereocenters. The Morgan fingerprint density at radius 2 is 2.04 bits per heavy atom. The van der Waals surface area contributed by atoms with Gasteiger partial charge >= 0.3 is 0 Å². The van der Waals surface area contributed by atoms with Gasteiger partial charge < -0.3 is 11.1 Å². The van der Waals surface area contributed by atoms with Gasteiger partial charge in [-0.05, 0) is 32.0 Å². The number of nitrogens with zero attached hydrogens (tertiary/aromatic N) is 4. The zero-order valence-electron chi connectivity index (χ0n) is 12.7. The number of hydrogen-bond acceptors (Lipinski definition) is 6. The molecule has 0 bridgehead atoms. The van der Waals surface area contributed by atoms with Crippen molar-refractivity contribution >= 4 is 22.4 Å². The molecule has 0 unspecified atom stereocenters. The van der Waals surface area contributed by atoms with Crippen LogP contribution in [0.5, 0.6) is 0 Å². The molecule has 2 aromatic heterocycles. The molecule has 1 aromatic carbocycles. The highest BCUT2D eigenvalue weighted by Gasteiger charge is 2.28. The maximum Gasteiger partial charge on any atom is 0.254 e. The third-order valence-electron chi connectivity index (χ3n) is 3.30. The average molecular weight is 328 g/mol. The largest absolute Gasteiger partial charge is 0.374 e. The number of carbonyl (C=O) groups excluding carboxylic acids is 1. The van der Waals surface area contributed by atoms with E-state index in [1.54, 1.807) is 23.1 Å². The molecule has 0 aliphatic heterocycles. The second-order valence-electron chi connectivity index (χ2n) is 5.49. The number of carbonyl (C=O) groups is 1. The number of rotatable bonds is 4. The summed E-state index contributed by atoms with van der Waals surface area (Å²) >= 11 is 1.26. The highest BCUT2D eigenvalue weighted by molar-refractivity contribution is 7.15. The summed E-state index contributed by atoms with van der Waals surface area (Å²) in [7, 11) is 0. The lowest BCUT2D eigenvalue weighted by atomic mass is 10.1. The number of para-hydroxylation sites is 1. The maximum absolute atomic E-state index is 12.7. The highest BCUT2D eigenvalue weighted by atomic mass is 32.1. The van der Waals surface area contributed by atoms with E-state index in [9.17, 15) is 4.79 Å². The van der Waals surface area contributed by atoms with E-state index in [0.717, 1.165) is 0 Å². The van der Waals surface area contributed by atoms with E-state index in [4.69, 9.17) is 5.73 Å². The summed E-state index contributed by atoms with van der Waals surface area (Å²) in [6, 6.07) is 9.10. The topological polar surface area (TPSA) is 98.7 Å². The van der Waals surface area contributed by atoms with Crippen LogP contribution >= 0.6 is 11.3 Å². The van der Waals surface area contributed by atoms with Crippen LogP contribution in [0.25, 0.3) is 5.69 Å². The number of anilines is 1. The Balaban J connectivity index is 1.90. The fourth-order valence-corrected chi connectivity index (χ4v) is 2.84. The molecule has 23 heavy (non-hydrogen) atoms. The van der Waals surface area contributed by atoms with E-state index in [2.05, 4.69) is 20.6 Å². The predicted molar refractivity (Wildman–Crippen MR) is 88.4 cm³/mol. The first-order valence-corrected chi connectivity index (χ1v) is 7.80. The van der Waals surface area contributed by atoms with Gasteiger partial charge in [-0.15, -0.1) is 10.2 Å². The molecule has 0 saturated carbocycles. The van der Waals surface area contributed by atoms with Gasteiger partial charge in [0.1, 0.15) is 5.01 Å². The van der Waals surface area contributed by atoms with Crippen LogP contribution in [0.2, 0.25) is 0 Å². The Morgan fingerprint density at radius 1 is 1.26 bits per heavy atom. The first kappa shape index (κ1) is 15.2. The summed E-state index contributed by atoms with van der Waals surface area (Å²) in [5.41, 5.74) is 6.19. The summed E-state index contributed by atoms with van der Waals surface area (Å²) in [6.07, 6.45) is 3.46. The van der Waals surface area contributed by atoms with Crippen molar-refractivity contribution in [1.29, 1.82) is 0 Å². The standard InChI is InChI=1S/C15H16N6OS/c1-15(2,13-19-20-14(16)23-13)18-12(22)10-6-3-4-7-11(10)21-9-5-8-17-21/h3-9H,1-2H3,(H2,16,20)(H,18,22).